The monoisotopic (exact) mass is 352 g/mol. The molecule has 0 bridgehead atoms. The number of hydrogen-bond acceptors (Lipinski definition) is 3. The zero-order chi connectivity index (χ0) is 18.0. The molecule has 1 aromatic heterocycles. The van der Waals surface area contributed by atoms with Crippen LogP contribution in [0.2, 0.25) is 0 Å². The summed E-state index contributed by atoms with van der Waals surface area (Å²) in [6, 6.07) is 13.7. The van der Waals surface area contributed by atoms with Crippen molar-refractivity contribution in [2.75, 3.05) is 13.1 Å². The van der Waals surface area contributed by atoms with E-state index >= 15 is 0 Å². The first-order valence-electron chi connectivity index (χ1n) is 9.38. The van der Waals surface area contributed by atoms with Crippen LogP contribution < -0.4 is 5.32 Å². The summed E-state index contributed by atoms with van der Waals surface area (Å²) in [6.07, 6.45) is 6.00. The highest BCUT2D eigenvalue weighted by atomic mass is 16.3. The number of benzene rings is 1. The first-order chi connectivity index (χ1) is 12.7. The molecule has 1 N–H and O–H groups in total. The number of likely N-dealkylation sites (tertiary alicyclic amines) is 1. The molecule has 2 fully saturated rings. The van der Waals surface area contributed by atoms with E-state index in [0.717, 1.165) is 37.7 Å². The highest BCUT2D eigenvalue weighted by Crippen LogP contribution is 2.44. The normalized spacial score (nSPS) is 19.6. The molecule has 5 heteroatoms. The molecule has 1 aliphatic carbocycles. The van der Waals surface area contributed by atoms with Gasteiger partial charge in [0.1, 0.15) is 0 Å². The summed E-state index contributed by atoms with van der Waals surface area (Å²) in [5.41, 5.74) is 0.761. The summed E-state index contributed by atoms with van der Waals surface area (Å²) in [4.78, 5) is 27.1. The van der Waals surface area contributed by atoms with E-state index in [4.69, 9.17) is 4.42 Å². The number of rotatable bonds is 4. The molecule has 5 nitrogen and oxygen atoms in total. The van der Waals surface area contributed by atoms with Gasteiger partial charge in [-0.3, -0.25) is 9.59 Å². The number of carbonyl (C=O) groups is 2. The van der Waals surface area contributed by atoms with Gasteiger partial charge < -0.3 is 14.6 Å². The van der Waals surface area contributed by atoms with Gasteiger partial charge in [0, 0.05) is 19.1 Å². The van der Waals surface area contributed by atoms with Crippen molar-refractivity contribution in [3.8, 4) is 0 Å². The van der Waals surface area contributed by atoms with E-state index in [1.165, 1.54) is 6.26 Å². The first kappa shape index (κ1) is 16.9. The average molecular weight is 352 g/mol. The van der Waals surface area contributed by atoms with Crippen molar-refractivity contribution >= 4 is 11.8 Å². The Hall–Kier alpha value is -2.56. The van der Waals surface area contributed by atoms with Crippen molar-refractivity contribution < 1.29 is 14.0 Å². The molecule has 1 saturated heterocycles. The highest BCUT2D eigenvalue weighted by Gasteiger charge is 2.46. The molecule has 2 aromatic rings. The topological polar surface area (TPSA) is 62.6 Å². The molecule has 26 heavy (non-hydrogen) atoms. The van der Waals surface area contributed by atoms with E-state index in [-0.39, 0.29) is 23.3 Å². The van der Waals surface area contributed by atoms with E-state index in [0.29, 0.717) is 18.8 Å². The lowest BCUT2D eigenvalue weighted by Gasteiger charge is -2.42. The van der Waals surface area contributed by atoms with Crippen LogP contribution in [0.4, 0.5) is 0 Å². The van der Waals surface area contributed by atoms with Crippen LogP contribution in [-0.2, 0) is 10.2 Å². The largest absolute Gasteiger partial charge is 0.459 e. The Morgan fingerprint density at radius 2 is 1.77 bits per heavy atom. The smallest absolute Gasteiger partial charge is 0.289 e. The SMILES string of the molecule is O=C(c1ccco1)N1CCC(NC(=O)C2(c3ccccc3)CCC2)CC1. The van der Waals surface area contributed by atoms with E-state index in [1.54, 1.807) is 17.0 Å². The molecule has 1 aromatic carbocycles. The van der Waals surface area contributed by atoms with Crippen molar-refractivity contribution in [1.82, 2.24) is 10.2 Å². The van der Waals surface area contributed by atoms with Gasteiger partial charge in [-0.05, 0) is 43.4 Å². The molecule has 0 radical (unpaired) electrons. The molecule has 1 aliphatic heterocycles. The third-order valence-electron chi connectivity index (χ3n) is 5.82. The van der Waals surface area contributed by atoms with Crippen LogP contribution in [0.15, 0.2) is 53.1 Å². The van der Waals surface area contributed by atoms with Gasteiger partial charge in [-0.2, -0.15) is 0 Å². The molecule has 0 spiro atoms. The lowest BCUT2D eigenvalue weighted by atomic mass is 9.63. The third kappa shape index (κ3) is 3.02. The molecule has 2 amide bonds. The quantitative estimate of drug-likeness (QED) is 0.920. The van der Waals surface area contributed by atoms with E-state index in [1.807, 2.05) is 18.2 Å². The maximum absolute atomic E-state index is 13.0. The zero-order valence-corrected chi connectivity index (χ0v) is 14.8. The molecule has 2 heterocycles. The minimum Gasteiger partial charge on any atom is -0.459 e. The predicted octanol–water partition coefficient (Wildman–Crippen LogP) is 3.12. The number of nitrogens with one attached hydrogen (secondary N) is 1. The second-order valence-electron chi connectivity index (χ2n) is 7.32. The second-order valence-corrected chi connectivity index (χ2v) is 7.32. The molecule has 2 aliphatic rings. The van der Waals surface area contributed by atoms with Crippen molar-refractivity contribution in [2.45, 2.75) is 43.6 Å². The minimum atomic E-state index is -0.359. The van der Waals surface area contributed by atoms with Gasteiger partial charge in [0.05, 0.1) is 11.7 Å². The summed E-state index contributed by atoms with van der Waals surface area (Å²) in [5.74, 6) is 0.454. The van der Waals surface area contributed by atoms with Crippen LogP contribution in [0.25, 0.3) is 0 Å². The maximum Gasteiger partial charge on any atom is 0.289 e. The number of amides is 2. The summed E-state index contributed by atoms with van der Waals surface area (Å²) < 4.78 is 5.19. The Morgan fingerprint density at radius 3 is 2.35 bits per heavy atom. The molecule has 1 saturated carbocycles. The van der Waals surface area contributed by atoms with Crippen molar-refractivity contribution in [2.24, 2.45) is 0 Å². The molecular formula is C21H24N2O3. The number of hydrogen-bond donors (Lipinski definition) is 1. The molecular weight excluding hydrogens is 328 g/mol. The van der Waals surface area contributed by atoms with E-state index in [2.05, 4.69) is 17.4 Å². The van der Waals surface area contributed by atoms with Crippen LogP contribution in [0.3, 0.4) is 0 Å². The number of furan rings is 1. The van der Waals surface area contributed by atoms with Crippen molar-refractivity contribution in [3.63, 3.8) is 0 Å². The Kier molecular flexibility index (Phi) is 4.53. The molecule has 4 rings (SSSR count). The van der Waals surface area contributed by atoms with E-state index in [9.17, 15) is 9.59 Å². The lowest BCUT2D eigenvalue weighted by Crippen LogP contribution is -2.54. The van der Waals surface area contributed by atoms with Gasteiger partial charge >= 0.3 is 0 Å². The summed E-state index contributed by atoms with van der Waals surface area (Å²) in [5, 5.41) is 3.25. The summed E-state index contributed by atoms with van der Waals surface area (Å²) >= 11 is 0. The fourth-order valence-corrected chi connectivity index (χ4v) is 4.04. The van der Waals surface area contributed by atoms with Crippen LogP contribution in [0.1, 0.15) is 48.2 Å². The Morgan fingerprint density at radius 1 is 1.04 bits per heavy atom. The predicted molar refractivity (Wildman–Crippen MR) is 97.7 cm³/mol. The Labute approximate surface area is 153 Å². The Balaban J connectivity index is 1.35. The van der Waals surface area contributed by atoms with Gasteiger partial charge in [0.2, 0.25) is 5.91 Å². The fraction of sp³-hybridized carbons (Fsp3) is 0.429. The molecule has 0 atom stereocenters. The number of piperidine rings is 1. The average Bonchev–Trinajstić information content (AvgIpc) is 3.16. The maximum atomic E-state index is 13.0. The highest BCUT2D eigenvalue weighted by molar-refractivity contribution is 5.91. The van der Waals surface area contributed by atoms with Gasteiger partial charge in [-0.1, -0.05) is 36.8 Å². The number of nitrogens with zero attached hydrogens (tertiary/aromatic N) is 1. The molecule has 0 unspecified atom stereocenters. The van der Waals surface area contributed by atoms with Gasteiger partial charge in [-0.25, -0.2) is 0 Å². The minimum absolute atomic E-state index is 0.0699. The van der Waals surface area contributed by atoms with Gasteiger partial charge in [-0.15, -0.1) is 0 Å². The zero-order valence-electron chi connectivity index (χ0n) is 14.8. The lowest BCUT2D eigenvalue weighted by molar-refractivity contribution is -0.131. The van der Waals surface area contributed by atoms with Crippen molar-refractivity contribution in [3.05, 3.63) is 60.1 Å². The number of carbonyl (C=O) groups excluding carboxylic acids is 2. The van der Waals surface area contributed by atoms with Crippen LogP contribution in [0, 0.1) is 0 Å². The van der Waals surface area contributed by atoms with E-state index < -0.39 is 0 Å². The van der Waals surface area contributed by atoms with Gasteiger partial charge in [0.15, 0.2) is 5.76 Å². The van der Waals surface area contributed by atoms with Gasteiger partial charge in [0.25, 0.3) is 5.91 Å². The van der Waals surface area contributed by atoms with Crippen LogP contribution in [-0.4, -0.2) is 35.8 Å². The Bertz CT molecular complexity index is 758. The second kappa shape index (κ2) is 6.98. The third-order valence-corrected chi connectivity index (χ3v) is 5.82. The summed E-state index contributed by atoms with van der Waals surface area (Å²) in [6.45, 7) is 1.28. The van der Waals surface area contributed by atoms with Crippen molar-refractivity contribution in [1.29, 1.82) is 0 Å². The first-order valence-corrected chi connectivity index (χ1v) is 9.38. The standard InChI is InChI=1S/C21H24N2O3/c24-19(18-8-4-15-26-18)23-13-9-17(10-14-23)22-20(25)21(11-5-12-21)16-6-2-1-3-7-16/h1-4,6-8,15,17H,5,9-14H2,(H,22,25). The van der Waals surface area contributed by atoms with Crippen LogP contribution >= 0.6 is 0 Å². The summed E-state index contributed by atoms with van der Waals surface area (Å²) in [7, 11) is 0. The molecule has 136 valence electrons. The van der Waals surface area contributed by atoms with Crippen LogP contribution in [0.5, 0.6) is 0 Å². The fourth-order valence-electron chi connectivity index (χ4n) is 4.04.